The first-order valence-electron chi connectivity index (χ1n) is 2.14. The van der Waals surface area contributed by atoms with Crippen LogP contribution in [0.15, 0.2) is 0 Å². The summed E-state index contributed by atoms with van der Waals surface area (Å²) in [5.74, 6) is 1.16. The van der Waals surface area contributed by atoms with Crippen LogP contribution in [0.1, 0.15) is 6.92 Å². The second-order valence-corrected chi connectivity index (χ2v) is 13.9. The maximum atomic E-state index is 2.41. The molecule has 1 saturated heterocycles. The van der Waals surface area contributed by atoms with E-state index in [1.165, 1.54) is 0 Å². The van der Waals surface area contributed by atoms with Gasteiger partial charge in [-0.15, -0.1) is 0 Å². The Labute approximate surface area is 55.4 Å². The van der Waals surface area contributed by atoms with E-state index < -0.39 is 0 Å². The van der Waals surface area contributed by atoms with Crippen LogP contribution in [-0.2, 0) is 0 Å². The molecule has 0 aromatic heterocycles. The van der Waals surface area contributed by atoms with Gasteiger partial charge < -0.3 is 0 Å². The van der Waals surface area contributed by atoms with E-state index in [0.29, 0.717) is 34.1 Å². The fourth-order valence-electron chi connectivity index (χ4n) is 0.377. The van der Waals surface area contributed by atoms with Crippen molar-refractivity contribution in [3.63, 3.8) is 0 Å². The zero-order chi connectivity index (χ0) is 4.41. The van der Waals surface area contributed by atoms with Gasteiger partial charge in [-0.25, -0.2) is 0 Å². The molecule has 0 bridgehead atoms. The Hall–Kier alpha value is 1.58. The minimum atomic E-state index is 0.689. The van der Waals surface area contributed by atoms with Gasteiger partial charge in [-0.3, -0.25) is 0 Å². The van der Waals surface area contributed by atoms with E-state index in [2.05, 4.69) is 6.92 Å². The third kappa shape index (κ3) is 1.59. The molecule has 0 aromatic rings. The van der Waals surface area contributed by atoms with Crippen molar-refractivity contribution in [2.45, 2.75) is 15.9 Å². The average molecular weight is 311 g/mol. The standard InChI is InChI=1S/C4H8Te2/c1-4-2-5-6-3-4/h4H,2-3H2,1H3. The van der Waals surface area contributed by atoms with E-state index in [1.807, 2.05) is 0 Å². The van der Waals surface area contributed by atoms with Crippen molar-refractivity contribution in [2.24, 2.45) is 5.92 Å². The Morgan fingerprint density at radius 1 is 1.33 bits per heavy atom. The molecule has 0 aliphatic carbocycles. The van der Waals surface area contributed by atoms with Crippen LogP contribution in [0.4, 0.5) is 0 Å². The van der Waals surface area contributed by atoms with Gasteiger partial charge in [0, 0.05) is 0 Å². The summed E-state index contributed by atoms with van der Waals surface area (Å²) >= 11 is 1.38. The molecule has 1 fully saturated rings. The number of rotatable bonds is 0. The Balaban J connectivity index is 2.18. The molecule has 0 unspecified atom stereocenters. The van der Waals surface area contributed by atoms with Crippen LogP contribution >= 0.6 is 0 Å². The van der Waals surface area contributed by atoms with Gasteiger partial charge in [0.15, 0.2) is 0 Å². The monoisotopic (exact) mass is 316 g/mol. The Bertz CT molecular complexity index is 38.8. The first kappa shape index (κ1) is 5.71. The molecule has 0 spiro atoms. The predicted molar refractivity (Wildman–Crippen MR) is 30.3 cm³/mol. The first-order valence-corrected chi connectivity index (χ1v) is 12.8. The summed E-state index contributed by atoms with van der Waals surface area (Å²) in [5.41, 5.74) is 0. The molecule has 1 aliphatic rings. The third-order valence-electron chi connectivity index (χ3n) is 0.788. The van der Waals surface area contributed by atoms with Crippen LogP contribution in [-0.4, -0.2) is 34.1 Å². The molecular weight excluding hydrogens is 303 g/mol. The van der Waals surface area contributed by atoms with Crippen molar-refractivity contribution in [1.82, 2.24) is 0 Å². The van der Waals surface area contributed by atoms with Crippen LogP contribution < -0.4 is 0 Å². The second kappa shape index (κ2) is 2.78. The van der Waals surface area contributed by atoms with Gasteiger partial charge in [0.25, 0.3) is 0 Å². The molecule has 1 heterocycles. The van der Waals surface area contributed by atoms with Crippen molar-refractivity contribution in [1.29, 1.82) is 0 Å². The maximum absolute atomic E-state index is 2.41. The predicted octanol–water partition coefficient (Wildman–Crippen LogP) is 0.796. The van der Waals surface area contributed by atoms with Crippen LogP contribution in [0.5, 0.6) is 0 Å². The molecule has 1 rings (SSSR count). The zero-order valence-electron chi connectivity index (χ0n) is 3.81. The second-order valence-electron chi connectivity index (χ2n) is 1.67. The Kier molecular flexibility index (Phi) is 2.65. The van der Waals surface area contributed by atoms with Gasteiger partial charge in [-0.1, -0.05) is 0 Å². The van der Waals surface area contributed by atoms with Crippen LogP contribution in [0.2, 0.25) is 8.94 Å². The van der Waals surface area contributed by atoms with Crippen molar-refractivity contribution in [2.75, 3.05) is 0 Å². The summed E-state index contributed by atoms with van der Waals surface area (Å²) in [5, 5.41) is 0. The molecule has 0 amide bonds. The normalized spacial score (nSPS) is 25.5. The fraction of sp³-hybridized carbons (Fsp3) is 1.00. The molecule has 0 aromatic carbocycles. The molecule has 0 atom stereocenters. The van der Waals surface area contributed by atoms with Crippen LogP contribution in [0.25, 0.3) is 0 Å². The number of hydrogen-bond donors (Lipinski definition) is 0. The fourth-order valence-corrected chi connectivity index (χ4v) is 16.9. The van der Waals surface area contributed by atoms with Crippen LogP contribution in [0, 0.1) is 5.92 Å². The molecule has 0 nitrogen and oxygen atoms in total. The van der Waals surface area contributed by atoms with E-state index in [-0.39, 0.29) is 0 Å². The summed E-state index contributed by atoms with van der Waals surface area (Å²) in [6.45, 7) is 2.41. The Morgan fingerprint density at radius 2 is 1.83 bits per heavy atom. The van der Waals surface area contributed by atoms with Gasteiger partial charge in [-0.2, -0.15) is 0 Å². The number of hydrogen-bond acceptors (Lipinski definition) is 0. The molecular formula is C4H8Te2. The van der Waals surface area contributed by atoms with E-state index >= 15 is 0 Å². The van der Waals surface area contributed by atoms with Gasteiger partial charge in [0.05, 0.1) is 0 Å². The topological polar surface area (TPSA) is 0 Å². The molecule has 2 heteroatoms. The van der Waals surface area contributed by atoms with E-state index in [0.717, 1.165) is 5.92 Å². The average Bonchev–Trinajstić information content (AvgIpc) is 1.86. The summed E-state index contributed by atoms with van der Waals surface area (Å²) in [4.78, 5) is 0. The van der Waals surface area contributed by atoms with E-state index in [1.54, 1.807) is 8.94 Å². The summed E-state index contributed by atoms with van der Waals surface area (Å²) in [6.07, 6.45) is 0. The van der Waals surface area contributed by atoms with Gasteiger partial charge >= 0.3 is 55.9 Å². The van der Waals surface area contributed by atoms with Gasteiger partial charge in [0.1, 0.15) is 0 Å². The van der Waals surface area contributed by atoms with E-state index in [9.17, 15) is 0 Å². The zero-order valence-corrected chi connectivity index (χ0v) is 8.47. The van der Waals surface area contributed by atoms with Crippen molar-refractivity contribution in [3.05, 3.63) is 0 Å². The van der Waals surface area contributed by atoms with Gasteiger partial charge in [0.2, 0.25) is 0 Å². The molecule has 0 radical (unpaired) electrons. The molecule has 0 N–H and O–H groups in total. The Morgan fingerprint density at radius 3 is 2.00 bits per heavy atom. The minimum absolute atomic E-state index is 0.689. The van der Waals surface area contributed by atoms with E-state index in [4.69, 9.17) is 0 Å². The van der Waals surface area contributed by atoms with Gasteiger partial charge in [-0.05, 0) is 0 Å². The quantitative estimate of drug-likeness (QED) is 0.581. The summed E-state index contributed by atoms with van der Waals surface area (Å²) in [6, 6.07) is 0. The van der Waals surface area contributed by atoms with Crippen LogP contribution in [0.3, 0.4) is 0 Å². The molecule has 6 heavy (non-hydrogen) atoms. The third-order valence-corrected chi connectivity index (χ3v) is 13.7. The molecule has 1 aliphatic heterocycles. The summed E-state index contributed by atoms with van der Waals surface area (Å²) < 4.78 is 3.35. The molecule has 36 valence electrons. The first-order chi connectivity index (χ1) is 2.89. The van der Waals surface area contributed by atoms with Crippen molar-refractivity contribution >= 4 is 34.1 Å². The molecule has 0 saturated carbocycles. The SMILES string of the molecule is CC1C[Te][Te]C1. The van der Waals surface area contributed by atoms with Crippen molar-refractivity contribution in [3.8, 4) is 0 Å². The summed E-state index contributed by atoms with van der Waals surface area (Å²) in [7, 11) is 0. The van der Waals surface area contributed by atoms with Crippen molar-refractivity contribution < 1.29 is 0 Å².